The number of nitrogens with zero attached hydrogens (tertiary/aromatic N) is 4. The molecule has 0 saturated heterocycles. The molecular weight excluding hydrogens is 248 g/mol. The second kappa shape index (κ2) is 7.84. The molecule has 0 fully saturated rings. The van der Waals surface area contributed by atoms with Crippen molar-refractivity contribution in [3.8, 4) is 6.07 Å². The standard InChI is InChI=1S/C16H26N4/c1-6-12(5)11-20(9-4)16-14(10-17)13(7-2)15(8-3)18-19-16/h12H,6-9,11H2,1-5H3. The van der Waals surface area contributed by atoms with Gasteiger partial charge in [-0.1, -0.05) is 34.1 Å². The van der Waals surface area contributed by atoms with E-state index in [-0.39, 0.29) is 0 Å². The zero-order chi connectivity index (χ0) is 15.1. The second-order valence-corrected chi connectivity index (χ2v) is 5.19. The first kappa shape index (κ1) is 16.4. The van der Waals surface area contributed by atoms with Gasteiger partial charge < -0.3 is 4.90 Å². The zero-order valence-electron chi connectivity index (χ0n) is 13.4. The first-order valence-electron chi connectivity index (χ1n) is 7.66. The third-order valence-electron chi connectivity index (χ3n) is 3.85. The average molecular weight is 274 g/mol. The fourth-order valence-corrected chi connectivity index (χ4v) is 2.37. The maximum Gasteiger partial charge on any atom is 0.169 e. The molecule has 0 aliphatic heterocycles. The first-order valence-corrected chi connectivity index (χ1v) is 7.66. The van der Waals surface area contributed by atoms with Crippen LogP contribution >= 0.6 is 0 Å². The number of nitriles is 1. The smallest absolute Gasteiger partial charge is 0.169 e. The molecule has 1 unspecified atom stereocenters. The van der Waals surface area contributed by atoms with Gasteiger partial charge in [-0.2, -0.15) is 10.4 Å². The quantitative estimate of drug-likeness (QED) is 0.765. The predicted molar refractivity (Wildman–Crippen MR) is 82.8 cm³/mol. The third-order valence-corrected chi connectivity index (χ3v) is 3.85. The summed E-state index contributed by atoms with van der Waals surface area (Å²) < 4.78 is 0. The highest BCUT2D eigenvalue weighted by atomic mass is 15.3. The molecular formula is C16H26N4. The number of hydrogen-bond donors (Lipinski definition) is 0. The van der Waals surface area contributed by atoms with Gasteiger partial charge >= 0.3 is 0 Å². The van der Waals surface area contributed by atoms with Crippen molar-refractivity contribution in [3.63, 3.8) is 0 Å². The fourth-order valence-electron chi connectivity index (χ4n) is 2.37. The summed E-state index contributed by atoms with van der Waals surface area (Å²) >= 11 is 0. The Labute approximate surface area is 122 Å². The Morgan fingerprint density at radius 2 is 1.85 bits per heavy atom. The van der Waals surface area contributed by atoms with Gasteiger partial charge in [0.1, 0.15) is 11.6 Å². The SMILES string of the molecule is CCc1nnc(N(CC)CC(C)CC)c(C#N)c1CC. The van der Waals surface area contributed by atoms with Crippen molar-refractivity contribution in [1.82, 2.24) is 10.2 Å². The molecule has 0 aliphatic rings. The topological polar surface area (TPSA) is 52.8 Å². The van der Waals surface area contributed by atoms with E-state index < -0.39 is 0 Å². The van der Waals surface area contributed by atoms with Gasteiger partial charge in [-0.15, -0.1) is 5.10 Å². The zero-order valence-corrected chi connectivity index (χ0v) is 13.4. The maximum atomic E-state index is 9.54. The van der Waals surface area contributed by atoms with E-state index in [1.807, 2.05) is 0 Å². The molecule has 0 radical (unpaired) electrons. The molecule has 110 valence electrons. The van der Waals surface area contributed by atoms with Gasteiger partial charge in [-0.05, 0) is 31.2 Å². The monoisotopic (exact) mass is 274 g/mol. The summed E-state index contributed by atoms with van der Waals surface area (Å²) in [6.07, 6.45) is 2.78. The Kier molecular flexibility index (Phi) is 6.44. The minimum atomic E-state index is 0.583. The molecule has 0 saturated carbocycles. The van der Waals surface area contributed by atoms with Crippen molar-refractivity contribution in [1.29, 1.82) is 5.26 Å². The van der Waals surface area contributed by atoms with Crippen molar-refractivity contribution >= 4 is 5.82 Å². The number of aromatic nitrogens is 2. The molecule has 0 aliphatic carbocycles. The third kappa shape index (κ3) is 3.47. The molecule has 1 atom stereocenters. The van der Waals surface area contributed by atoms with Gasteiger partial charge in [0, 0.05) is 13.1 Å². The number of hydrogen-bond acceptors (Lipinski definition) is 4. The Balaban J connectivity index is 3.26. The molecule has 1 rings (SSSR count). The van der Waals surface area contributed by atoms with Crippen LogP contribution in [0.5, 0.6) is 0 Å². The van der Waals surface area contributed by atoms with Crippen molar-refractivity contribution in [2.45, 2.75) is 53.9 Å². The first-order chi connectivity index (χ1) is 9.62. The van der Waals surface area contributed by atoms with Crippen LogP contribution < -0.4 is 4.90 Å². The Bertz CT molecular complexity index is 476. The lowest BCUT2D eigenvalue weighted by Crippen LogP contribution is -2.30. The second-order valence-electron chi connectivity index (χ2n) is 5.19. The summed E-state index contributed by atoms with van der Waals surface area (Å²) in [5, 5.41) is 18.2. The lowest BCUT2D eigenvalue weighted by atomic mass is 10.0. The minimum absolute atomic E-state index is 0.583. The van der Waals surface area contributed by atoms with Crippen LogP contribution in [-0.4, -0.2) is 23.3 Å². The highest BCUT2D eigenvalue weighted by Gasteiger charge is 2.19. The van der Waals surface area contributed by atoms with Crippen LogP contribution in [0, 0.1) is 17.2 Å². The van der Waals surface area contributed by atoms with E-state index in [0.717, 1.165) is 49.4 Å². The Morgan fingerprint density at radius 1 is 1.15 bits per heavy atom. The van der Waals surface area contributed by atoms with E-state index >= 15 is 0 Å². The summed E-state index contributed by atoms with van der Waals surface area (Å²) in [6.45, 7) is 12.4. The molecule has 0 aromatic carbocycles. The molecule has 1 heterocycles. The van der Waals surface area contributed by atoms with E-state index in [9.17, 15) is 5.26 Å². The van der Waals surface area contributed by atoms with E-state index in [4.69, 9.17) is 0 Å². The lowest BCUT2D eigenvalue weighted by Gasteiger charge is -2.26. The van der Waals surface area contributed by atoms with Gasteiger partial charge in [0.15, 0.2) is 5.82 Å². The van der Waals surface area contributed by atoms with Gasteiger partial charge in [0.2, 0.25) is 0 Å². The fraction of sp³-hybridized carbons (Fsp3) is 0.688. The molecule has 0 amide bonds. The van der Waals surface area contributed by atoms with Crippen molar-refractivity contribution in [3.05, 3.63) is 16.8 Å². The minimum Gasteiger partial charge on any atom is -0.354 e. The highest BCUT2D eigenvalue weighted by molar-refractivity contribution is 5.58. The number of rotatable bonds is 7. The summed E-state index contributed by atoms with van der Waals surface area (Å²) in [5.74, 6) is 1.34. The van der Waals surface area contributed by atoms with Crippen LogP contribution in [-0.2, 0) is 12.8 Å². The average Bonchev–Trinajstić information content (AvgIpc) is 2.50. The largest absolute Gasteiger partial charge is 0.354 e. The van der Waals surface area contributed by atoms with Crippen molar-refractivity contribution in [2.24, 2.45) is 5.92 Å². The van der Waals surface area contributed by atoms with Gasteiger partial charge in [-0.3, -0.25) is 0 Å². The predicted octanol–water partition coefficient (Wildman–Crippen LogP) is 3.35. The van der Waals surface area contributed by atoms with E-state index in [0.29, 0.717) is 11.5 Å². The van der Waals surface area contributed by atoms with E-state index in [1.165, 1.54) is 0 Å². The van der Waals surface area contributed by atoms with Crippen LogP contribution in [0.25, 0.3) is 0 Å². The van der Waals surface area contributed by atoms with Crippen LogP contribution in [0.2, 0.25) is 0 Å². The lowest BCUT2D eigenvalue weighted by molar-refractivity contribution is 0.543. The van der Waals surface area contributed by atoms with E-state index in [1.54, 1.807) is 0 Å². The molecule has 4 heteroatoms. The molecule has 1 aromatic heterocycles. The molecule has 1 aromatic rings. The normalized spacial score (nSPS) is 12.0. The molecule has 0 bridgehead atoms. The highest BCUT2D eigenvalue weighted by Crippen LogP contribution is 2.24. The molecule has 0 spiro atoms. The Morgan fingerprint density at radius 3 is 2.30 bits per heavy atom. The number of aryl methyl sites for hydroxylation is 1. The van der Waals surface area contributed by atoms with Crippen LogP contribution in [0.15, 0.2) is 0 Å². The molecule has 20 heavy (non-hydrogen) atoms. The summed E-state index contributed by atoms with van der Waals surface area (Å²) in [5.41, 5.74) is 2.72. The van der Waals surface area contributed by atoms with Crippen LogP contribution in [0.3, 0.4) is 0 Å². The summed E-state index contributed by atoms with van der Waals surface area (Å²) in [6, 6.07) is 2.35. The summed E-state index contributed by atoms with van der Waals surface area (Å²) in [4.78, 5) is 2.18. The van der Waals surface area contributed by atoms with Crippen LogP contribution in [0.1, 0.15) is 57.9 Å². The van der Waals surface area contributed by atoms with Crippen molar-refractivity contribution in [2.75, 3.05) is 18.0 Å². The summed E-state index contributed by atoms with van der Waals surface area (Å²) in [7, 11) is 0. The molecule has 0 N–H and O–H groups in total. The van der Waals surface area contributed by atoms with Crippen molar-refractivity contribution < 1.29 is 0 Å². The van der Waals surface area contributed by atoms with Crippen LogP contribution in [0.4, 0.5) is 5.82 Å². The number of anilines is 1. The van der Waals surface area contributed by atoms with Gasteiger partial charge in [-0.25, -0.2) is 0 Å². The molecule has 4 nitrogen and oxygen atoms in total. The Hall–Kier alpha value is -1.63. The van der Waals surface area contributed by atoms with Gasteiger partial charge in [0.25, 0.3) is 0 Å². The van der Waals surface area contributed by atoms with Gasteiger partial charge in [0.05, 0.1) is 5.69 Å². The maximum absolute atomic E-state index is 9.54. The van der Waals surface area contributed by atoms with E-state index in [2.05, 4.69) is 55.8 Å².